The van der Waals surface area contributed by atoms with Gasteiger partial charge in [0.15, 0.2) is 0 Å². The van der Waals surface area contributed by atoms with Gasteiger partial charge in [0, 0.05) is 47.6 Å². The maximum Gasteiger partial charge on any atom is 0.254 e. The molecule has 2 aromatic heterocycles. The van der Waals surface area contributed by atoms with E-state index in [9.17, 15) is 23.2 Å². The number of nitrogens with zero attached hydrogens (tertiary/aromatic N) is 4. The summed E-state index contributed by atoms with van der Waals surface area (Å²) in [5.74, 6) is -2.01. The van der Waals surface area contributed by atoms with Gasteiger partial charge in [-0.15, -0.1) is 0 Å². The molecule has 14 nitrogen and oxygen atoms in total. The number of carbonyl (C=O) groups is 3. The van der Waals surface area contributed by atoms with Crippen molar-refractivity contribution in [3.63, 3.8) is 0 Å². The number of benzene rings is 4. The number of aromatic nitrogens is 4. The Bertz CT molecular complexity index is 2550. The molecular formula is C39H35F2N11O3. The molecule has 8 rings (SSSR count). The van der Waals surface area contributed by atoms with Crippen LogP contribution >= 0.6 is 0 Å². The van der Waals surface area contributed by atoms with Crippen molar-refractivity contribution in [1.29, 1.82) is 10.8 Å². The van der Waals surface area contributed by atoms with Gasteiger partial charge in [-0.2, -0.15) is 0 Å². The summed E-state index contributed by atoms with van der Waals surface area (Å²) in [7, 11) is 0. The maximum absolute atomic E-state index is 14.4. The average molecular weight is 744 g/mol. The molecule has 0 unspecified atom stereocenters. The predicted molar refractivity (Wildman–Crippen MR) is 202 cm³/mol. The molecule has 2 saturated heterocycles. The lowest BCUT2D eigenvalue weighted by atomic mass is 10.1. The van der Waals surface area contributed by atoms with Gasteiger partial charge in [0.1, 0.15) is 47.0 Å². The Morgan fingerprint density at radius 3 is 1.73 bits per heavy atom. The molecule has 0 spiro atoms. The molecule has 2 atom stereocenters. The Kier molecular flexibility index (Phi) is 8.79. The minimum atomic E-state index is -0.704. The summed E-state index contributed by atoms with van der Waals surface area (Å²) < 4.78 is 28.7. The average Bonchev–Trinajstić information content (AvgIpc) is 4.00. The fraction of sp³-hybridized carbons (Fsp3) is 0.205. The van der Waals surface area contributed by atoms with Gasteiger partial charge in [0.25, 0.3) is 5.91 Å². The summed E-state index contributed by atoms with van der Waals surface area (Å²) in [6, 6.07) is 17.6. The quantitative estimate of drug-likeness (QED) is 0.0846. The summed E-state index contributed by atoms with van der Waals surface area (Å²) in [5, 5.41) is 18.1. The standard InChI is InChI=1S/C39H35F2N11O3/c40-25-17-29-27(15-23(25)33(42)43)47-35(49-29)19-5-7-21(8-6-19)38(54)52-14-2-4-32(52)39(55)51-13-1-3-31(51)37(53)46-22-11-9-20(10-12-22)36-48-28-16-24(34(44)45)26(41)18-30(28)50-36/h5-12,15-18,31-32H,1-4,13-14H2,(H3,42,43)(H3,44,45)(H,46,53)(H,47,49)(H,48,50)/t31-,32-/m0/s1. The number of fused-ring (bicyclic) bond motifs is 2. The van der Waals surface area contributed by atoms with Gasteiger partial charge in [-0.05, 0) is 74.2 Å². The zero-order chi connectivity index (χ0) is 38.5. The summed E-state index contributed by atoms with van der Waals surface area (Å²) in [5.41, 5.74) is 14.9. The number of imidazole rings is 2. The molecule has 6 aromatic rings. The molecule has 3 amide bonds. The number of anilines is 1. The van der Waals surface area contributed by atoms with Crippen molar-refractivity contribution < 1.29 is 23.2 Å². The first kappa shape index (κ1) is 35.1. The van der Waals surface area contributed by atoms with Crippen LogP contribution in [0.2, 0.25) is 0 Å². The highest BCUT2D eigenvalue weighted by atomic mass is 19.1. The van der Waals surface area contributed by atoms with Gasteiger partial charge in [-0.3, -0.25) is 25.2 Å². The molecule has 2 fully saturated rings. The van der Waals surface area contributed by atoms with Crippen LogP contribution in [0.15, 0.2) is 72.8 Å². The van der Waals surface area contributed by atoms with Gasteiger partial charge in [-0.1, -0.05) is 12.1 Å². The highest BCUT2D eigenvalue weighted by molar-refractivity contribution is 6.02. The van der Waals surface area contributed by atoms with E-state index in [1.54, 1.807) is 58.3 Å². The van der Waals surface area contributed by atoms with Crippen LogP contribution in [0.1, 0.15) is 47.2 Å². The first-order valence-electron chi connectivity index (χ1n) is 17.7. The lowest BCUT2D eigenvalue weighted by Crippen LogP contribution is -2.51. The zero-order valence-corrected chi connectivity index (χ0v) is 29.2. The molecule has 55 heavy (non-hydrogen) atoms. The van der Waals surface area contributed by atoms with E-state index in [4.69, 9.17) is 22.3 Å². The highest BCUT2D eigenvalue weighted by Gasteiger charge is 2.42. The van der Waals surface area contributed by atoms with Crippen LogP contribution in [-0.2, 0) is 9.59 Å². The van der Waals surface area contributed by atoms with Crippen molar-refractivity contribution in [2.75, 3.05) is 18.4 Å². The van der Waals surface area contributed by atoms with Crippen LogP contribution in [0.5, 0.6) is 0 Å². The molecule has 0 radical (unpaired) electrons. The summed E-state index contributed by atoms with van der Waals surface area (Å²) >= 11 is 0. The third-order valence-electron chi connectivity index (χ3n) is 10.2. The van der Waals surface area contributed by atoms with Gasteiger partial charge in [0.2, 0.25) is 11.8 Å². The van der Waals surface area contributed by atoms with Crippen LogP contribution in [0, 0.1) is 22.5 Å². The third-order valence-corrected chi connectivity index (χ3v) is 10.2. The normalized spacial score (nSPS) is 16.9. The van der Waals surface area contributed by atoms with Crippen LogP contribution in [-0.4, -0.2) is 84.3 Å². The van der Waals surface area contributed by atoms with E-state index in [0.717, 1.165) is 0 Å². The first-order valence-corrected chi connectivity index (χ1v) is 17.7. The number of nitrogens with one attached hydrogen (secondary N) is 5. The van der Waals surface area contributed by atoms with Crippen molar-refractivity contribution in [2.24, 2.45) is 11.5 Å². The molecule has 278 valence electrons. The van der Waals surface area contributed by atoms with Gasteiger partial charge >= 0.3 is 0 Å². The Morgan fingerprint density at radius 2 is 1.20 bits per heavy atom. The van der Waals surface area contributed by atoms with E-state index >= 15 is 0 Å². The highest BCUT2D eigenvalue weighted by Crippen LogP contribution is 2.29. The monoisotopic (exact) mass is 743 g/mol. The van der Waals surface area contributed by atoms with E-state index in [-0.39, 0.29) is 28.8 Å². The number of likely N-dealkylation sites (tertiary alicyclic amines) is 2. The summed E-state index contributed by atoms with van der Waals surface area (Å²) in [6.45, 7) is 0.802. The van der Waals surface area contributed by atoms with Crippen LogP contribution in [0.3, 0.4) is 0 Å². The number of halogens is 2. The number of H-pyrrole nitrogens is 2. The fourth-order valence-corrected chi connectivity index (χ4v) is 7.38. The molecule has 2 aliphatic heterocycles. The number of amides is 3. The van der Waals surface area contributed by atoms with Gasteiger partial charge in [0.05, 0.1) is 33.2 Å². The van der Waals surface area contributed by atoms with Crippen LogP contribution < -0.4 is 16.8 Å². The summed E-state index contributed by atoms with van der Waals surface area (Å²) in [6.07, 6.45) is 2.26. The molecular weight excluding hydrogens is 708 g/mol. The van der Waals surface area contributed by atoms with E-state index in [0.29, 0.717) is 94.9 Å². The lowest BCUT2D eigenvalue weighted by molar-refractivity contribution is -0.139. The second-order valence-electron chi connectivity index (χ2n) is 13.7. The van der Waals surface area contributed by atoms with Crippen molar-refractivity contribution in [3.8, 4) is 22.8 Å². The molecule has 0 saturated carbocycles. The number of hydrogen-bond acceptors (Lipinski definition) is 7. The number of rotatable bonds is 8. The maximum atomic E-state index is 14.4. The molecule has 4 aromatic carbocycles. The molecule has 4 heterocycles. The SMILES string of the molecule is N=C(N)c1cc2nc(-c3ccc(NC(=O)[C@@H]4CCCN4C(=O)[C@@H]4CCCN4C(=O)c4ccc(-c5nc6cc(C(=N)N)c(F)cc6[nH]5)cc4)cc3)[nH]c2cc1F. The molecule has 9 N–H and O–H groups in total. The smallest absolute Gasteiger partial charge is 0.254 e. The molecule has 16 heteroatoms. The fourth-order valence-electron chi connectivity index (χ4n) is 7.38. The number of amidine groups is 2. The van der Waals surface area contributed by atoms with E-state index < -0.39 is 35.4 Å². The molecule has 0 bridgehead atoms. The van der Waals surface area contributed by atoms with Crippen molar-refractivity contribution in [3.05, 3.63) is 101 Å². The topological polar surface area (TPSA) is 227 Å². The summed E-state index contributed by atoms with van der Waals surface area (Å²) in [4.78, 5) is 59.5. The van der Waals surface area contributed by atoms with E-state index in [2.05, 4.69) is 25.3 Å². The minimum Gasteiger partial charge on any atom is -0.384 e. The Balaban J connectivity index is 0.923. The lowest BCUT2D eigenvalue weighted by Gasteiger charge is -2.31. The van der Waals surface area contributed by atoms with E-state index in [1.807, 2.05) is 0 Å². The Morgan fingerprint density at radius 1 is 0.709 bits per heavy atom. The number of nitrogens with two attached hydrogens (primary N) is 2. The van der Waals surface area contributed by atoms with Gasteiger partial charge < -0.3 is 36.6 Å². The second kappa shape index (κ2) is 13.8. The van der Waals surface area contributed by atoms with Gasteiger partial charge in [-0.25, -0.2) is 18.7 Å². The van der Waals surface area contributed by atoms with Crippen LogP contribution in [0.4, 0.5) is 14.5 Å². The minimum absolute atomic E-state index is 0.0328. The Labute approximate surface area is 311 Å². The predicted octanol–water partition coefficient (Wildman–Crippen LogP) is 4.85. The largest absolute Gasteiger partial charge is 0.384 e. The first-order chi connectivity index (χ1) is 26.4. The number of aromatic amines is 2. The number of hydrogen-bond donors (Lipinski definition) is 7. The van der Waals surface area contributed by atoms with Crippen molar-refractivity contribution >= 4 is 57.1 Å². The van der Waals surface area contributed by atoms with Crippen molar-refractivity contribution in [1.82, 2.24) is 29.7 Å². The van der Waals surface area contributed by atoms with Crippen molar-refractivity contribution in [2.45, 2.75) is 37.8 Å². The number of nitrogen functional groups attached to an aromatic ring is 2. The third kappa shape index (κ3) is 6.51. The Hall–Kier alpha value is -6.97. The molecule has 2 aliphatic rings. The zero-order valence-electron chi connectivity index (χ0n) is 29.2. The second-order valence-corrected chi connectivity index (χ2v) is 13.7. The molecule has 0 aliphatic carbocycles. The van der Waals surface area contributed by atoms with E-state index in [1.165, 1.54) is 24.3 Å². The number of carbonyl (C=O) groups excluding carboxylic acids is 3. The van der Waals surface area contributed by atoms with Crippen LogP contribution in [0.25, 0.3) is 44.8 Å².